The van der Waals surface area contributed by atoms with Gasteiger partial charge in [0.15, 0.2) is 0 Å². The molecule has 0 radical (unpaired) electrons. The number of nitrogens with one attached hydrogen (secondary N) is 3. The van der Waals surface area contributed by atoms with Gasteiger partial charge < -0.3 is 16.4 Å². The zero-order valence-electron chi connectivity index (χ0n) is 19.0. The molecule has 0 heterocycles. The number of benzene rings is 4. The summed E-state index contributed by atoms with van der Waals surface area (Å²) in [6.45, 7) is 0. The lowest BCUT2D eigenvalue weighted by Gasteiger charge is -2.21. The van der Waals surface area contributed by atoms with Gasteiger partial charge in [-0.05, 0) is 47.0 Å². The smallest absolute Gasteiger partial charge is 0.384 e. The van der Waals surface area contributed by atoms with Crippen molar-refractivity contribution in [1.29, 1.82) is 5.41 Å². The number of hydrogen-bond acceptors (Lipinski definition) is 3. The average Bonchev–Trinajstić information content (AvgIpc) is 2.88. The molecule has 0 aromatic heterocycles. The number of nitrogens with two attached hydrogens (primary N) is 1. The van der Waals surface area contributed by atoms with Gasteiger partial charge in [-0.25, -0.2) is 0 Å². The zero-order valence-corrected chi connectivity index (χ0v) is 19.0. The van der Waals surface area contributed by atoms with Crippen molar-refractivity contribution in [3.05, 3.63) is 120 Å². The van der Waals surface area contributed by atoms with Crippen molar-refractivity contribution in [3.63, 3.8) is 0 Å². The number of halogens is 3. The highest BCUT2D eigenvalue weighted by atomic mass is 19.4. The van der Waals surface area contributed by atoms with E-state index >= 15 is 0 Å². The molecule has 0 fully saturated rings. The van der Waals surface area contributed by atoms with Crippen molar-refractivity contribution in [2.24, 2.45) is 5.73 Å². The van der Waals surface area contributed by atoms with Crippen LogP contribution in [0.4, 0.5) is 24.5 Å². The Morgan fingerprint density at radius 3 is 2.14 bits per heavy atom. The Balaban J connectivity index is 1.58. The third kappa shape index (κ3) is 5.72. The van der Waals surface area contributed by atoms with Crippen LogP contribution >= 0.6 is 0 Å². The fourth-order valence-electron chi connectivity index (χ4n) is 3.82. The number of rotatable bonds is 7. The largest absolute Gasteiger partial charge is 0.417 e. The quantitative estimate of drug-likeness (QED) is 0.178. The summed E-state index contributed by atoms with van der Waals surface area (Å²) >= 11 is 0. The van der Waals surface area contributed by atoms with Crippen molar-refractivity contribution in [2.45, 2.75) is 12.2 Å². The molecule has 5 N–H and O–H groups in total. The molecule has 4 rings (SSSR count). The minimum absolute atomic E-state index is 0.0667. The summed E-state index contributed by atoms with van der Waals surface area (Å²) in [7, 11) is 0. The van der Waals surface area contributed by atoms with Gasteiger partial charge in [0, 0.05) is 16.9 Å². The van der Waals surface area contributed by atoms with E-state index in [1.54, 1.807) is 54.6 Å². The maximum absolute atomic E-state index is 13.4. The highest BCUT2D eigenvalue weighted by Gasteiger charge is 2.33. The summed E-state index contributed by atoms with van der Waals surface area (Å²) in [6.07, 6.45) is -4.47. The van der Waals surface area contributed by atoms with Crippen LogP contribution in [0.2, 0.25) is 0 Å². The van der Waals surface area contributed by atoms with Crippen molar-refractivity contribution < 1.29 is 18.0 Å². The van der Waals surface area contributed by atoms with E-state index in [2.05, 4.69) is 10.6 Å². The second-order valence-electron chi connectivity index (χ2n) is 8.09. The van der Waals surface area contributed by atoms with Gasteiger partial charge in [0.2, 0.25) is 0 Å². The van der Waals surface area contributed by atoms with Crippen LogP contribution in [-0.4, -0.2) is 11.7 Å². The van der Waals surface area contributed by atoms with Gasteiger partial charge in [-0.15, -0.1) is 0 Å². The van der Waals surface area contributed by atoms with E-state index in [1.165, 1.54) is 12.1 Å². The van der Waals surface area contributed by atoms with Crippen molar-refractivity contribution >= 4 is 23.1 Å². The monoisotopic (exact) mass is 488 g/mol. The molecule has 1 atom stereocenters. The number of nitrogen functional groups attached to an aromatic ring is 1. The van der Waals surface area contributed by atoms with Gasteiger partial charge in [0.25, 0.3) is 5.91 Å². The predicted octanol–water partition coefficient (Wildman–Crippen LogP) is 6.45. The first-order valence-corrected chi connectivity index (χ1v) is 11.1. The summed E-state index contributed by atoms with van der Waals surface area (Å²) in [5.41, 5.74) is 7.59. The van der Waals surface area contributed by atoms with Crippen LogP contribution in [0.25, 0.3) is 11.1 Å². The van der Waals surface area contributed by atoms with E-state index in [0.717, 1.165) is 6.07 Å². The number of hydrogen-bond donors (Lipinski definition) is 4. The molecule has 4 aromatic carbocycles. The zero-order chi connectivity index (χ0) is 25.7. The average molecular weight is 489 g/mol. The molecule has 1 amide bonds. The lowest BCUT2D eigenvalue weighted by molar-refractivity contribution is -0.137. The number of amidine groups is 1. The first kappa shape index (κ1) is 24.5. The molecule has 0 saturated carbocycles. The minimum atomic E-state index is -4.47. The highest BCUT2D eigenvalue weighted by Crippen LogP contribution is 2.37. The number of alkyl halides is 3. The molecule has 5 nitrogen and oxygen atoms in total. The third-order valence-corrected chi connectivity index (χ3v) is 5.58. The molecule has 182 valence electrons. The Kier molecular flexibility index (Phi) is 7.05. The molecule has 1 unspecified atom stereocenters. The van der Waals surface area contributed by atoms with Gasteiger partial charge in [-0.3, -0.25) is 10.2 Å². The van der Waals surface area contributed by atoms with Crippen LogP contribution in [0.5, 0.6) is 0 Å². The van der Waals surface area contributed by atoms with Crippen LogP contribution < -0.4 is 16.4 Å². The van der Waals surface area contributed by atoms with Gasteiger partial charge >= 0.3 is 6.18 Å². The standard InChI is InChI=1S/C28H23F3N4O/c29-28(30,31)24-12-5-4-11-23(24)18-13-15-21(16-14-18)35-27(36)25(19-7-2-1-3-8-19)34-22-10-6-9-20(17-22)26(32)33/h1-17,25,34H,(H3,32,33)(H,35,36). The summed E-state index contributed by atoms with van der Waals surface area (Å²) in [5, 5.41) is 13.7. The van der Waals surface area contributed by atoms with Crippen LogP contribution in [0.3, 0.4) is 0 Å². The van der Waals surface area contributed by atoms with E-state index < -0.39 is 17.8 Å². The molecule has 0 saturated heterocycles. The van der Waals surface area contributed by atoms with Crippen molar-refractivity contribution in [1.82, 2.24) is 0 Å². The van der Waals surface area contributed by atoms with Gasteiger partial charge in [-0.1, -0.05) is 72.8 Å². The fraction of sp³-hybridized carbons (Fsp3) is 0.0714. The van der Waals surface area contributed by atoms with E-state index in [-0.39, 0.29) is 17.3 Å². The van der Waals surface area contributed by atoms with Gasteiger partial charge in [0.1, 0.15) is 11.9 Å². The first-order chi connectivity index (χ1) is 17.2. The molecule has 4 aromatic rings. The lowest BCUT2D eigenvalue weighted by Crippen LogP contribution is -2.27. The fourth-order valence-corrected chi connectivity index (χ4v) is 3.82. The second-order valence-corrected chi connectivity index (χ2v) is 8.09. The van der Waals surface area contributed by atoms with Gasteiger partial charge in [0.05, 0.1) is 5.56 Å². The molecular weight excluding hydrogens is 465 g/mol. The topological polar surface area (TPSA) is 91.0 Å². The van der Waals surface area contributed by atoms with Gasteiger partial charge in [-0.2, -0.15) is 13.2 Å². The summed E-state index contributed by atoms with van der Waals surface area (Å²) < 4.78 is 40.2. The maximum Gasteiger partial charge on any atom is 0.417 e. The minimum Gasteiger partial charge on any atom is -0.384 e. The van der Waals surface area contributed by atoms with Crippen LogP contribution in [-0.2, 0) is 11.0 Å². The number of carbonyl (C=O) groups excluding carboxylic acids is 1. The predicted molar refractivity (Wildman–Crippen MR) is 136 cm³/mol. The molecule has 0 spiro atoms. The molecule has 0 aliphatic heterocycles. The molecule has 0 bridgehead atoms. The third-order valence-electron chi connectivity index (χ3n) is 5.58. The highest BCUT2D eigenvalue weighted by molar-refractivity contribution is 5.98. The van der Waals surface area contributed by atoms with E-state index in [0.29, 0.717) is 28.1 Å². The Morgan fingerprint density at radius 2 is 1.47 bits per heavy atom. The Bertz CT molecular complexity index is 1370. The Labute approximate surface area is 206 Å². The van der Waals surface area contributed by atoms with E-state index in [9.17, 15) is 18.0 Å². The second kappa shape index (κ2) is 10.4. The number of carbonyl (C=O) groups is 1. The van der Waals surface area contributed by atoms with E-state index in [4.69, 9.17) is 11.1 Å². The van der Waals surface area contributed by atoms with E-state index in [1.807, 2.05) is 30.3 Å². The van der Waals surface area contributed by atoms with Crippen molar-refractivity contribution in [3.8, 4) is 11.1 Å². The molecule has 8 heteroatoms. The molecular formula is C28H23F3N4O. The van der Waals surface area contributed by atoms with Crippen LogP contribution in [0, 0.1) is 5.41 Å². The number of anilines is 2. The molecule has 0 aliphatic rings. The Morgan fingerprint density at radius 1 is 0.806 bits per heavy atom. The first-order valence-electron chi connectivity index (χ1n) is 11.1. The summed E-state index contributed by atoms with van der Waals surface area (Å²) in [5.74, 6) is -0.454. The normalized spacial score (nSPS) is 12.0. The van der Waals surface area contributed by atoms with Crippen molar-refractivity contribution in [2.75, 3.05) is 10.6 Å². The number of amides is 1. The molecule has 36 heavy (non-hydrogen) atoms. The summed E-state index contributed by atoms with van der Waals surface area (Å²) in [6, 6.07) is 26.8. The SMILES string of the molecule is N=C(N)c1cccc(NC(C(=O)Nc2ccc(-c3ccccc3C(F)(F)F)cc2)c2ccccc2)c1. The van der Waals surface area contributed by atoms with Crippen LogP contribution in [0.15, 0.2) is 103 Å². The van der Waals surface area contributed by atoms with Crippen LogP contribution in [0.1, 0.15) is 22.7 Å². The lowest BCUT2D eigenvalue weighted by atomic mass is 9.99. The maximum atomic E-state index is 13.4. The summed E-state index contributed by atoms with van der Waals surface area (Å²) in [4.78, 5) is 13.3. The Hall–Kier alpha value is -4.59. The molecule has 0 aliphatic carbocycles.